The van der Waals surface area contributed by atoms with E-state index in [1.807, 2.05) is 30.3 Å². The number of methoxy groups -OCH3 is 1. The summed E-state index contributed by atoms with van der Waals surface area (Å²) in [6.07, 6.45) is 1.77. The molecule has 1 saturated heterocycles. The van der Waals surface area contributed by atoms with Crippen molar-refractivity contribution < 1.29 is 19.1 Å². The average molecular weight is 572 g/mol. The molecule has 3 aromatic rings. The average Bonchev–Trinajstić information content (AvgIpc) is 3.12. The first-order valence-electron chi connectivity index (χ1n) is 10.5. The predicted molar refractivity (Wildman–Crippen MR) is 143 cm³/mol. The van der Waals surface area contributed by atoms with Crippen LogP contribution in [0, 0.1) is 0 Å². The molecule has 0 N–H and O–H groups in total. The van der Waals surface area contributed by atoms with E-state index in [0.29, 0.717) is 38.7 Å². The van der Waals surface area contributed by atoms with E-state index in [9.17, 15) is 9.59 Å². The van der Waals surface area contributed by atoms with Gasteiger partial charge in [-0.2, -0.15) is 0 Å². The summed E-state index contributed by atoms with van der Waals surface area (Å²) in [5.41, 5.74) is 2.86. The SMILES string of the molecule is COC(=O)c1ccc(N=C2S/C(=C\c3ccc(OCc4ccc(Br)cc4)c(Cl)c3)C(=O)N2C)cc1. The number of thioether (sulfide) groups is 1. The van der Waals surface area contributed by atoms with Gasteiger partial charge >= 0.3 is 5.97 Å². The molecule has 1 aliphatic rings. The number of rotatable bonds is 6. The first-order valence-corrected chi connectivity index (χ1v) is 12.4. The standard InChI is InChI=1S/C26H20BrClN2O4S/c1-30-24(31)23(35-26(30)29-20-10-6-18(7-11-20)25(32)33-2)14-17-5-12-22(21(28)13-17)34-15-16-3-8-19(27)9-4-16/h3-14H,15H2,1-2H3/b23-14-,29-26?. The van der Waals surface area contributed by atoms with Crippen molar-refractivity contribution in [2.75, 3.05) is 14.2 Å². The molecule has 0 saturated carbocycles. The van der Waals surface area contributed by atoms with Crippen LogP contribution < -0.4 is 4.74 Å². The molecule has 0 aliphatic carbocycles. The van der Waals surface area contributed by atoms with Crippen molar-refractivity contribution in [3.8, 4) is 5.75 Å². The fourth-order valence-electron chi connectivity index (χ4n) is 3.17. The minimum Gasteiger partial charge on any atom is -0.487 e. The molecule has 9 heteroatoms. The zero-order valence-electron chi connectivity index (χ0n) is 18.8. The van der Waals surface area contributed by atoms with Gasteiger partial charge in [0.25, 0.3) is 5.91 Å². The van der Waals surface area contributed by atoms with Gasteiger partial charge in [0.1, 0.15) is 12.4 Å². The van der Waals surface area contributed by atoms with Gasteiger partial charge in [-0.05, 0) is 77.5 Å². The lowest BCUT2D eigenvalue weighted by Crippen LogP contribution is -2.23. The second-order valence-electron chi connectivity index (χ2n) is 7.51. The summed E-state index contributed by atoms with van der Waals surface area (Å²) in [5.74, 6) is -0.0103. The highest BCUT2D eigenvalue weighted by Crippen LogP contribution is 2.34. The molecule has 178 valence electrons. The minimum absolute atomic E-state index is 0.161. The second-order valence-corrected chi connectivity index (χ2v) is 9.84. The Labute approximate surface area is 220 Å². The zero-order valence-corrected chi connectivity index (χ0v) is 22.0. The van der Waals surface area contributed by atoms with Crippen LogP contribution in [0.5, 0.6) is 5.75 Å². The van der Waals surface area contributed by atoms with Crippen molar-refractivity contribution in [3.63, 3.8) is 0 Å². The molecule has 1 aliphatic heterocycles. The van der Waals surface area contributed by atoms with Crippen LogP contribution >= 0.6 is 39.3 Å². The summed E-state index contributed by atoms with van der Waals surface area (Å²) < 4.78 is 11.6. The largest absolute Gasteiger partial charge is 0.487 e. The Morgan fingerprint density at radius 2 is 1.83 bits per heavy atom. The van der Waals surface area contributed by atoms with E-state index in [4.69, 9.17) is 21.1 Å². The van der Waals surface area contributed by atoms with E-state index >= 15 is 0 Å². The topological polar surface area (TPSA) is 68.2 Å². The van der Waals surface area contributed by atoms with Gasteiger partial charge in [-0.3, -0.25) is 9.69 Å². The number of likely N-dealkylation sites (N-methyl/N-ethyl adjacent to an activating group) is 1. The highest BCUT2D eigenvalue weighted by atomic mass is 79.9. The number of halogens is 2. The van der Waals surface area contributed by atoms with E-state index in [2.05, 4.69) is 20.9 Å². The van der Waals surface area contributed by atoms with Crippen molar-refractivity contribution in [3.05, 3.63) is 97.8 Å². The maximum absolute atomic E-state index is 12.8. The number of hydrogen-bond donors (Lipinski definition) is 0. The number of amidine groups is 1. The number of carbonyl (C=O) groups is 2. The Hall–Kier alpha value is -3.07. The molecule has 1 fully saturated rings. The van der Waals surface area contributed by atoms with Gasteiger partial charge in [0, 0.05) is 11.5 Å². The van der Waals surface area contributed by atoms with Gasteiger partial charge in [0.05, 0.1) is 28.3 Å². The summed E-state index contributed by atoms with van der Waals surface area (Å²) >= 11 is 11.1. The van der Waals surface area contributed by atoms with Gasteiger partial charge in [0.2, 0.25) is 0 Å². The molecule has 1 amide bonds. The molecule has 0 aromatic heterocycles. The zero-order chi connectivity index (χ0) is 24.9. The van der Waals surface area contributed by atoms with Gasteiger partial charge in [-0.15, -0.1) is 0 Å². The van der Waals surface area contributed by atoms with Crippen LogP contribution in [0.4, 0.5) is 5.69 Å². The maximum atomic E-state index is 12.8. The Balaban J connectivity index is 1.46. The summed E-state index contributed by atoms with van der Waals surface area (Å²) in [6, 6.07) is 19.9. The van der Waals surface area contributed by atoms with Gasteiger partial charge in [-0.25, -0.2) is 9.79 Å². The molecule has 4 rings (SSSR count). The van der Waals surface area contributed by atoms with Gasteiger partial charge in [0.15, 0.2) is 5.17 Å². The fraction of sp³-hybridized carbons (Fsp3) is 0.115. The summed E-state index contributed by atoms with van der Waals surface area (Å²) in [4.78, 5) is 30.9. The third-order valence-electron chi connectivity index (χ3n) is 5.08. The van der Waals surface area contributed by atoms with Crippen molar-refractivity contribution in [2.45, 2.75) is 6.61 Å². The van der Waals surface area contributed by atoms with E-state index < -0.39 is 5.97 Å². The van der Waals surface area contributed by atoms with Crippen molar-refractivity contribution in [1.82, 2.24) is 4.90 Å². The fourth-order valence-corrected chi connectivity index (χ4v) is 4.66. The Kier molecular flexibility index (Phi) is 7.95. The number of benzene rings is 3. The molecule has 6 nitrogen and oxygen atoms in total. The Morgan fingerprint density at radius 1 is 1.11 bits per heavy atom. The van der Waals surface area contributed by atoms with Gasteiger partial charge < -0.3 is 9.47 Å². The smallest absolute Gasteiger partial charge is 0.337 e. The number of hydrogen-bond acceptors (Lipinski definition) is 6. The minimum atomic E-state index is -0.416. The van der Waals surface area contributed by atoms with Crippen molar-refractivity contribution in [1.29, 1.82) is 0 Å². The van der Waals surface area contributed by atoms with Crippen LogP contribution in [0.1, 0.15) is 21.5 Å². The lowest BCUT2D eigenvalue weighted by atomic mass is 10.2. The van der Waals surface area contributed by atoms with E-state index in [-0.39, 0.29) is 5.91 Å². The van der Waals surface area contributed by atoms with E-state index in [0.717, 1.165) is 15.6 Å². The number of amides is 1. The quantitative estimate of drug-likeness (QED) is 0.243. The number of aliphatic imine (C=N–C) groups is 1. The first-order chi connectivity index (χ1) is 16.8. The molecule has 0 atom stereocenters. The van der Waals surface area contributed by atoms with Crippen LogP contribution in [-0.2, 0) is 16.1 Å². The molecule has 35 heavy (non-hydrogen) atoms. The highest BCUT2D eigenvalue weighted by molar-refractivity contribution is 9.10. The molecule has 0 spiro atoms. The van der Waals surface area contributed by atoms with E-state index in [1.54, 1.807) is 49.5 Å². The van der Waals surface area contributed by atoms with Crippen LogP contribution in [0.2, 0.25) is 5.02 Å². The molecule has 0 unspecified atom stereocenters. The van der Waals surface area contributed by atoms with Crippen LogP contribution in [0.15, 0.2) is 81.1 Å². The molecule has 3 aromatic carbocycles. The van der Waals surface area contributed by atoms with Crippen molar-refractivity contribution in [2.24, 2.45) is 4.99 Å². The first kappa shape index (κ1) is 25.0. The third-order valence-corrected chi connectivity index (χ3v) is 6.96. The monoisotopic (exact) mass is 570 g/mol. The maximum Gasteiger partial charge on any atom is 0.337 e. The third kappa shape index (κ3) is 6.14. The number of nitrogens with zero attached hydrogens (tertiary/aromatic N) is 2. The molecule has 0 radical (unpaired) electrons. The molecular formula is C26H20BrClN2O4S. The molecule has 0 bridgehead atoms. The van der Waals surface area contributed by atoms with Crippen molar-refractivity contribution >= 4 is 68.1 Å². The second kappa shape index (κ2) is 11.1. The Morgan fingerprint density at radius 3 is 2.49 bits per heavy atom. The molecular weight excluding hydrogens is 552 g/mol. The number of carbonyl (C=O) groups excluding carboxylic acids is 2. The van der Waals surface area contributed by atoms with E-state index in [1.165, 1.54) is 23.8 Å². The number of ether oxygens (including phenoxy) is 2. The van der Waals surface area contributed by atoms with Crippen LogP contribution in [-0.4, -0.2) is 36.1 Å². The highest BCUT2D eigenvalue weighted by Gasteiger charge is 2.30. The summed E-state index contributed by atoms with van der Waals surface area (Å²) in [6.45, 7) is 0.396. The lowest BCUT2D eigenvalue weighted by Gasteiger charge is -2.09. The normalized spacial score (nSPS) is 15.7. The Bertz CT molecular complexity index is 1320. The predicted octanol–water partition coefficient (Wildman–Crippen LogP) is 6.70. The molecule has 1 heterocycles. The van der Waals surface area contributed by atoms with Crippen LogP contribution in [0.25, 0.3) is 6.08 Å². The summed E-state index contributed by atoms with van der Waals surface area (Å²) in [7, 11) is 3.00. The lowest BCUT2D eigenvalue weighted by molar-refractivity contribution is -0.121. The number of esters is 1. The van der Waals surface area contributed by atoms with Crippen LogP contribution in [0.3, 0.4) is 0 Å². The van der Waals surface area contributed by atoms with Gasteiger partial charge in [-0.1, -0.05) is 45.7 Å². The summed E-state index contributed by atoms with van der Waals surface area (Å²) in [5, 5.41) is 0.993.